The zero-order chi connectivity index (χ0) is 13.8. The third kappa shape index (κ3) is 3.26. The van der Waals surface area contributed by atoms with E-state index in [9.17, 15) is 0 Å². The van der Waals surface area contributed by atoms with Crippen molar-refractivity contribution >= 4 is 0 Å². The second-order valence-corrected chi connectivity index (χ2v) is 5.41. The first kappa shape index (κ1) is 13.9. The predicted molar refractivity (Wildman–Crippen MR) is 83.9 cm³/mol. The van der Waals surface area contributed by atoms with Gasteiger partial charge in [-0.15, -0.1) is 0 Å². The van der Waals surface area contributed by atoms with Crippen molar-refractivity contribution in [3.05, 3.63) is 69.8 Å². The molecule has 2 rings (SSSR count). The Hall–Kier alpha value is -1.56. The molecule has 100 valence electrons. The highest BCUT2D eigenvalue weighted by Gasteiger charge is 2.04. The fraction of sp³-hybridized carbons (Fsp3) is 0.368. The fourth-order valence-corrected chi connectivity index (χ4v) is 2.87. The minimum atomic E-state index is 1.04. The van der Waals surface area contributed by atoms with Crippen LogP contribution in [0.15, 0.2) is 36.4 Å². The zero-order valence-corrected chi connectivity index (χ0v) is 12.6. The van der Waals surface area contributed by atoms with Crippen LogP contribution in [-0.4, -0.2) is 0 Å². The topological polar surface area (TPSA) is 0 Å². The maximum Gasteiger partial charge on any atom is -0.00256 e. The Labute approximate surface area is 117 Å². The van der Waals surface area contributed by atoms with E-state index in [1.807, 2.05) is 0 Å². The van der Waals surface area contributed by atoms with Crippen molar-refractivity contribution in [1.29, 1.82) is 0 Å². The molecule has 0 amide bonds. The summed E-state index contributed by atoms with van der Waals surface area (Å²) in [6, 6.07) is 13.7. The van der Waals surface area contributed by atoms with Gasteiger partial charge in [0.2, 0.25) is 0 Å². The lowest BCUT2D eigenvalue weighted by molar-refractivity contribution is 1.06. The van der Waals surface area contributed by atoms with E-state index in [2.05, 4.69) is 64.1 Å². The zero-order valence-electron chi connectivity index (χ0n) is 12.6. The molecule has 0 spiro atoms. The lowest BCUT2D eigenvalue weighted by Crippen LogP contribution is -1.96. The van der Waals surface area contributed by atoms with Gasteiger partial charge in [-0.1, -0.05) is 50.2 Å². The van der Waals surface area contributed by atoms with E-state index >= 15 is 0 Å². The highest BCUT2D eigenvalue weighted by molar-refractivity contribution is 5.40. The van der Waals surface area contributed by atoms with Crippen molar-refractivity contribution < 1.29 is 0 Å². The van der Waals surface area contributed by atoms with Crippen LogP contribution in [0.3, 0.4) is 0 Å². The average molecular weight is 252 g/mol. The first-order chi connectivity index (χ1) is 9.13. The number of hydrogen-bond donors (Lipinski definition) is 0. The van der Waals surface area contributed by atoms with Gasteiger partial charge in [-0.05, 0) is 66.5 Å². The maximum atomic E-state index is 2.35. The average Bonchev–Trinajstić information content (AvgIpc) is 2.39. The standard InChI is InChI=1S/C19H24/c1-5-16-7-9-17(10-8-16)13-18-11-14(3)19(6-2)15(4)12-18/h7-12H,5-6,13H2,1-4H3. The summed E-state index contributed by atoms with van der Waals surface area (Å²) in [5.74, 6) is 0. The second kappa shape index (κ2) is 6.06. The van der Waals surface area contributed by atoms with Crippen LogP contribution >= 0.6 is 0 Å². The highest BCUT2D eigenvalue weighted by Crippen LogP contribution is 2.20. The molecule has 0 unspecified atom stereocenters. The smallest absolute Gasteiger partial charge is 0.00256 e. The van der Waals surface area contributed by atoms with Gasteiger partial charge in [0.05, 0.1) is 0 Å². The van der Waals surface area contributed by atoms with Gasteiger partial charge in [0, 0.05) is 0 Å². The molecule has 0 saturated heterocycles. The molecule has 0 aliphatic carbocycles. The van der Waals surface area contributed by atoms with Crippen molar-refractivity contribution in [2.24, 2.45) is 0 Å². The fourth-order valence-electron chi connectivity index (χ4n) is 2.87. The molecule has 2 aromatic rings. The summed E-state index contributed by atoms with van der Waals surface area (Å²) in [6.45, 7) is 8.90. The molecule has 0 bridgehead atoms. The van der Waals surface area contributed by atoms with E-state index in [0.717, 1.165) is 19.3 Å². The lowest BCUT2D eigenvalue weighted by atomic mass is 9.94. The Morgan fingerprint density at radius 2 is 1.21 bits per heavy atom. The predicted octanol–water partition coefficient (Wildman–Crippen LogP) is 5.02. The molecule has 0 aliphatic rings. The highest BCUT2D eigenvalue weighted by atomic mass is 14.1. The van der Waals surface area contributed by atoms with Crippen LogP contribution in [0.4, 0.5) is 0 Å². The Morgan fingerprint density at radius 3 is 1.68 bits per heavy atom. The minimum absolute atomic E-state index is 1.04. The number of aryl methyl sites for hydroxylation is 3. The molecule has 0 aliphatic heterocycles. The maximum absolute atomic E-state index is 2.35. The Kier molecular flexibility index (Phi) is 4.42. The van der Waals surface area contributed by atoms with Crippen LogP contribution in [-0.2, 0) is 19.3 Å². The van der Waals surface area contributed by atoms with E-state index < -0.39 is 0 Å². The van der Waals surface area contributed by atoms with Crippen LogP contribution in [0, 0.1) is 13.8 Å². The molecular formula is C19H24. The second-order valence-electron chi connectivity index (χ2n) is 5.41. The molecule has 2 aromatic carbocycles. The summed E-state index contributed by atoms with van der Waals surface area (Å²) < 4.78 is 0. The Morgan fingerprint density at radius 1 is 0.684 bits per heavy atom. The number of rotatable bonds is 4. The first-order valence-electron chi connectivity index (χ1n) is 7.30. The van der Waals surface area contributed by atoms with E-state index in [1.165, 1.54) is 33.4 Å². The van der Waals surface area contributed by atoms with Crippen LogP contribution in [0.1, 0.15) is 47.2 Å². The Bertz CT molecular complexity index is 524. The molecular weight excluding hydrogens is 228 g/mol. The van der Waals surface area contributed by atoms with E-state index in [1.54, 1.807) is 0 Å². The van der Waals surface area contributed by atoms with Crippen molar-refractivity contribution in [1.82, 2.24) is 0 Å². The summed E-state index contributed by atoms with van der Waals surface area (Å²) in [5, 5.41) is 0. The molecule has 0 saturated carbocycles. The van der Waals surface area contributed by atoms with E-state index in [-0.39, 0.29) is 0 Å². The summed E-state index contributed by atoms with van der Waals surface area (Å²) in [7, 11) is 0. The Balaban J connectivity index is 2.23. The normalized spacial score (nSPS) is 10.7. The first-order valence-corrected chi connectivity index (χ1v) is 7.30. The van der Waals surface area contributed by atoms with Gasteiger partial charge >= 0.3 is 0 Å². The van der Waals surface area contributed by atoms with Crippen molar-refractivity contribution in [2.75, 3.05) is 0 Å². The molecule has 19 heavy (non-hydrogen) atoms. The monoisotopic (exact) mass is 252 g/mol. The lowest BCUT2D eigenvalue weighted by Gasteiger charge is -2.11. The molecule has 0 heterocycles. The molecule has 0 nitrogen and oxygen atoms in total. The van der Waals surface area contributed by atoms with Gasteiger partial charge < -0.3 is 0 Å². The van der Waals surface area contributed by atoms with Gasteiger partial charge in [0.1, 0.15) is 0 Å². The number of benzene rings is 2. The molecule has 0 heteroatoms. The van der Waals surface area contributed by atoms with E-state index in [0.29, 0.717) is 0 Å². The third-order valence-corrected chi connectivity index (χ3v) is 3.95. The molecule has 0 fully saturated rings. The molecule has 0 radical (unpaired) electrons. The van der Waals surface area contributed by atoms with Gasteiger partial charge in [0.15, 0.2) is 0 Å². The number of hydrogen-bond acceptors (Lipinski definition) is 0. The van der Waals surface area contributed by atoms with Crippen molar-refractivity contribution in [3.8, 4) is 0 Å². The van der Waals surface area contributed by atoms with Crippen LogP contribution in [0.25, 0.3) is 0 Å². The quantitative estimate of drug-likeness (QED) is 0.717. The third-order valence-electron chi connectivity index (χ3n) is 3.95. The van der Waals surface area contributed by atoms with Crippen LogP contribution in [0.5, 0.6) is 0 Å². The van der Waals surface area contributed by atoms with Gasteiger partial charge in [-0.25, -0.2) is 0 Å². The summed E-state index contributed by atoms with van der Waals surface area (Å²) in [5.41, 5.74) is 8.62. The van der Waals surface area contributed by atoms with Crippen molar-refractivity contribution in [2.45, 2.75) is 47.0 Å². The summed E-state index contributed by atoms with van der Waals surface area (Å²) in [6.07, 6.45) is 3.28. The van der Waals surface area contributed by atoms with Gasteiger partial charge in [0.25, 0.3) is 0 Å². The minimum Gasteiger partial charge on any atom is -0.0613 e. The summed E-state index contributed by atoms with van der Waals surface area (Å²) >= 11 is 0. The van der Waals surface area contributed by atoms with Crippen LogP contribution < -0.4 is 0 Å². The summed E-state index contributed by atoms with van der Waals surface area (Å²) in [4.78, 5) is 0. The van der Waals surface area contributed by atoms with Crippen molar-refractivity contribution in [3.63, 3.8) is 0 Å². The molecule has 0 N–H and O–H groups in total. The molecule has 0 aromatic heterocycles. The SMILES string of the molecule is CCc1ccc(Cc2cc(C)c(CC)c(C)c2)cc1. The van der Waals surface area contributed by atoms with Gasteiger partial charge in [-0.2, -0.15) is 0 Å². The van der Waals surface area contributed by atoms with Crippen LogP contribution in [0.2, 0.25) is 0 Å². The van der Waals surface area contributed by atoms with Gasteiger partial charge in [-0.3, -0.25) is 0 Å². The largest absolute Gasteiger partial charge is 0.0613 e. The van der Waals surface area contributed by atoms with E-state index in [4.69, 9.17) is 0 Å². The molecule has 0 atom stereocenters.